The highest BCUT2D eigenvalue weighted by atomic mass is 19.4. The van der Waals surface area contributed by atoms with Crippen molar-refractivity contribution in [3.63, 3.8) is 0 Å². The van der Waals surface area contributed by atoms with Crippen LogP contribution in [-0.4, -0.2) is 58.9 Å². The maximum Gasteiger partial charge on any atom is 0.416 e. The zero-order valence-corrected chi connectivity index (χ0v) is 14.4. The molecule has 1 aromatic carbocycles. The van der Waals surface area contributed by atoms with E-state index in [-0.39, 0.29) is 43.3 Å². The van der Waals surface area contributed by atoms with Gasteiger partial charge in [0.05, 0.1) is 5.56 Å². The molecule has 0 radical (unpaired) electrons. The number of carboxylic acid groups (broad SMARTS) is 1. The molecular weight excluding hydrogens is 381 g/mol. The summed E-state index contributed by atoms with van der Waals surface area (Å²) >= 11 is 0. The average Bonchev–Trinajstić information content (AvgIpc) is 3.17. The summed E-state index contributed by atoms with van der Waals surface area (Å²) in [6.45, 7) is 0.763. The first kappa shape index (κ1) is 19.5. The lowest BCUT2D eigenvalue weighted by molar-refractivity contribution is -0.137. The van der Waals surface area contributed by atoms with Crippen LogP contribution in [0.1, 0.15) is 37.0 Å². The summed E-state index contributed by atoms with van der Waals surface area (Å²) < 4.78 is 42.8. The molecule has 28 heavy (non-hydrogen) atoms. The van der Waals surface area contributed by atoms with Gasteiger partial charge in [-0.15, -0.1) is 0 Å². The predicted octanol–water partition coefficient (Wildman–Crippen LogP) is 2.59. The van der Waals surface area contributed by atoms with Crippen molar-refractivity contribution in [1.82, 2.24) is 9.80 Å². The van der Waals surface area contributed by atoms with Gasteiger partial charge < -0.3 is 19.3 Å². The van der Waals surface area contributed by atoms with Gasteiger partial charge in [0, 0.05) is 31.7 Å². The van der Waals surface area contributed by atoms with Crippen LogP contribution in [0, 0.1) is 0 Å². The zero-order valence-electron chi connectivity index (χ0n) is 14.4. The van der Waals surface area contributed by atoms with Gasteiger partial charge in [-0.2, -0.15) is 13.2 Å². The van der Waals surface area contributed by atoms with Gasteiger partial charge in [0.25, 0.3) is 11.8 Å². The van der Waals surface area contributed by atoms with E-state index >= 15 is 0 Å². The molecule has 148 valence electrons. The first-order valence-corrected chi connectivity index (χ1v) is 8.26. The van der Waals surface area contributed by atoms with Gasteiger partial charge in [-0.05, 0) is 36.4 Å². The predicted molar refractivity (Wildman–Crippen MR) is 88.9 cm³/mol. The van der Waals surface area contributed by atoms with E-state index in [1.807, 2.05) is 0 Å². The number of piperazine rings is 1. The van der Waals surface area contributed by atoms with E-state index in [2.05, 4.69) is 0 Å². The quantitative estimate of drug-likeness (QED) is 0.861. The summed E-state index contributed by atoms with van der Waals surface area (Å²) in [7, 11) is 0. The summed E-state index contributed by atoms with van der Waals surface area (Å²) in [4.78, 5) is 38.5. The topological polar surface area (TPSA) is 91.1 Å². The molecule has 1 aliphatic heterocycles. The van der Waals surface area contributed by atoms with E-state index in [0.717, 1.165) is 24.3 Å². The number of nitrogens with zero attached hydrogens (tertiary/aromatic N) is 2. The number of hydrogen-bond acceptors (Lipinski definition) is 4. The molecule has 2 aromatic rings. The number of alkyl halides is 3. The second-order valence-electron chi connectivity index (χ2n) is 6.13. The smallest absolute Gasteiger partial charge is 0.416 e. The summed E-state index contributed by atoms with van der Waals surface area (Å²) in [5.41, 5.74) is -0.705. The number of aromatic carboxylic acids is 1. The number of carboxylic acids is 1. The average molecular weight is 396 g/mol. The Morgan fingerprint density at radius 1 is 0.821 bits per heavy atom. The van der Waals surface area contributed by atoms with Crippen molar-refractivity contribution >= 4 is 17.8 Å². The minimum atomic E-state index is -4.47. The minimum Gasteiger partial charge on any atom is -0.475 e. The molecule has 2 heterocycles. The Morgan fingerprint density at radius 3 is 1.79 bits per heavy atom. The van der Waals surface area contributed by atoms with E-state index in [4.69, 9.17) is 9.52 Å². The fraction of sp³-hybridized carbons (Fsp3) is 0.278. The number of carbonyl (C=O) groups excluding carboxylic acids is 2. The SMILES string of the molecule is O=C(O)c1ccc(C(=O)N2CCN(C(=O)c3ccc(C(F)(F)F)cc3)CC2)o1. The molecule has 0 spiro atoms. The standard InChI is InChI=1S/C18H15F3N2O5/c19-18(20,21)12-3-1-11(2-4-12)15(24)22-7-9-23(10-8-22)16(25)13-5-6-14(28-13)17(26)27/h1-6H,7-10H2,(H,26,27). The lowest BCUT2D eigenvalue weighted by Crippen LogP contribution is -2.50. The number of furan rings is 1. The summed E-state index contributed by atoms with van der Waals surface area (Å²) in [6, 6.07) is 6.40. The van der Waals surface area contributed by atoms with Crippen LogP contribution in [0.5, 0.6) is 0 Å². The van der Waals surface area contributed by atoms with Crippen molar-refractivity contribution in [2.24, 2.45) is 0 Å². The molecule has 0 aliphatic carbocycles. The highest BCUT2D eigenvalue weighted by Gasteiger charge is 2.31. The first-order chi connectivity index (χ1) is 13.2. The largest absolute Gasteiger partial charge is 0.475 e. The highest BCUT2D eigenvalue weighted by molar-refractivity contribution is 5.95. The molecule has 0 saturated carbocycles. The fourth-order valence-corrected chi connectivity index (χ4v) is 2.82. The van der Waals surface area contributed by atoms with Crippen LogP contribution in [0.3, 0.4) is 0 Å². The second kappa shape index (κ2) is 7.37. The minimum absolute atomic E-state index is 0.111. The van der Waals surface area contributed by atoms with Gasteiger partial charge in [-0.3, -0.25) is 9.59 Å². The van der Waals surface area contributed by atoms with Gasteiger partial charge in [0.1, 0.15) is 0 Å². The van der Waals surface area contributed by atoms with E-state index in [1.54, 1.807) is 0 Å². The zero-order chi connectivity index (χ0) is 20.5. The summed E-state index contributed by atoms with van der Waals surface area (Å²) in [5.74, 6) is -2.66. The number of halogens is 3. The molecule has 0 unspecified atom stereocenters. The fourth-order valence-electron chi connectivity index (χ4n) is 2.82. The molecule has 1 aliphatic rings. The van der Waals surface area contributed by atoms with Crippen LogP contribution in [0.2, 0.25) is 0 Å². The van der Waals surface area contributed by atoms with Crippen LogP contribution in [0.25, 0.3) is 0 Å². The Hall–Kier alpha value is -3.30. The van der Waals surface area contributed by atoms with Crippen LogP contribution in [0.15, 0.2) is 40.8 Å². The van der Waals surface area contributed by atoms with Gasteiger partial charge >= 0.3 is 12.1 Å². The van der Waals surface area contributed by atoms with Gasteiger partial charge in [-0.1, -0.05) is 0 Å². The van der Waals surface area contributed by atoms with Crippen LogP contribution in [-0.2, 0) is 6.18 Å². The van der Waals surface area contributed by atoms with E-state index in [0.29, 0.717) is 0 Å². The van der Waals surface area contributed by atoms with E-state index in [1.165, 1.54) is 21.9 Å². The number of carbonyl (C=O) groups is 3. The second-order valence-corrected chi connectivity index (χ2v) is 6.13. The normalized spacial score (nSPS) is 14.8. The third-order valence-electron chi connectivity index (χ3n) is 4.34. The van der Waals surface area contributed by atoms with Crippen LogP contribution in [0.4, 0.5) is 13.2 Å². The Labute approximate surface area is 156 Å². The first-order valence-electron chi connectivity index (χ1n) is 8.26. The Balaban J connectivity index is 1.60. The van der Waals surface area contributed by atoms with Gasteiger partial charge in [0.2, 0.25) is 5.76 Å². The molecule has 2 amide bonds. The van der Waals surface area contributed by atoms with Gasteiger partial charge in [-0.25, -0.2) is 4.79 Å². The van der Waals surface area contributed by atoms with E-state index < -0.39 is 29.5 Å². The number of amides is 2. The van der Waals surface area contributed by atoms with Gasteiger partial charge in [0.15, 0.2) is 5.76 Å². The molecule has 1 saturated heterocycles. The van der Waals surface area contributed by atoms with Crippen LogP contribution >= 0.6 is 0 Å². The maximum absolute atomic E-state index is 12.6. The monoisotopic (exact) mass is 396 g/mol. The Bertz CT molecular complexity index is 897. The number of benzene rings is 1. The van der Waals surface area contributed by atoms with Crippen molar-refractivity contribution in [2.45, 2.75) is 6.18 Å². The lowest BCUT2D eigenvalue weighted by Gasteiger charge is -2.34. The van der Waals surface area contributed by atoms with E-state index in [9.17, 15) is 27.6 Å². The Morgan fingerprint density at radius 2 is 1.32 bits per heavy atom. The molecule has 1 aromatic heterocycles. The summed E-state index contributed by atoms with van der Waals surface area (Å²) in [6.07, 6.45) is -4.47. The maximum atomic E-state index is 12.6. The summed E-state index contributed by atoms with van der Waals surface area (Å²) in [5, 5.41) is 8.83. The van der Waals surface area contributed by atoms with Crippen LogP contribution < -0.4 is 0 Å². The molecule has 0 bridgehead atoms. The molecule has 1 fully saturated rings. The third kappa shape index (κ3) is 4.00. The van der Waals surface area contributed by atoms with Crippen molar-refractivity contribution in [2.75, 3.05) is 26.2 Å². The highest BCUT2D eigenvalue weighted by Crippen LogP contribution is 2.29. The number of rotatable bonds is 3. The third-order valence-corrected chi connectivity index (χ3v) is 4.34. The number of hydrogen-bond donors (Lipinski definition) is 1. The van der Waals surface area contributed by atoms with Crippen molar-refractivity contribution < 1.29 is 37.1 Å². The molecule has 3 rings (SSSR count). The lowest BCUT2D eigenvalue weighted by atomic mass is 10.1. The van der Waals surface area contributed by atoms with Crippen molar-refractivity contribution in [3.05, 3.63) is 59.0 Å². The van der Waals surface area contributed by atoms with Crippen molar-refractivity contribution in [1.29, 1.82) is 0 Å². The van der Waals surface area contributed by atoms with Crippen molar-refractivity contribution in [3.8, 4) is 0 Å². The molecule has 7 nitrogen and oxygen atoms in total. The Kier molecular flexibility index (Phi) is 5.12. The molecule has 1 N–H and O–H groups in total. The molecule has 10 heteroatoms. The molecule has 0 atom stereocenters. The molecular formula is C18H15F3N2O5.